The first-order valence-electron chi connectivity index (χ1n) is 7.89. The number of likely N-dealkylation sites (N-methyl/N-ethyl adjacent to an activating group) is 1. The fourth-order valence-corrected chi connectivity index (χ4v) is 3.80. The van der Waals surface area contributed by atoms with Crippen molar-refractivity contribution in [2.75, 3.05) is 12.4 Å². The van der Waals surface area contributed by atoms with Crippen molar-refractivity contribution in [3.63, 3.8) is 0 Å². The highest BCUT2D eigenvalue weighted by Crippen LogP contribution is 2.21. The van der Waals surface area contributed by atoms with Crippen LogP contribution < -0.4 is 10.2 Å². The summed E-state index contributed by atoms with van der Waals surface area (Å²) in [6.07, 6.45) is 0. The molecule has 3 nitrogen and oxygen atoms in total. The van der Waals surface area contributed by atoms with E-state index in [2.05, 4.69) is 11.4 Å². The molecule has 1 unspecified atom stereocenters. The van der Waals surface area contributed by atoms with Gasteiger partial charge < -0.3 is 10.2 Å². The summed E-state index contributed by atoms with van der Waals surface area (Å²) in [7, 11) is 2.03. The van der Waals surface area contributed by atoms with Crippen molar-refractivity contribution in [2.24, 2.45) is 0 Å². The van der Waals surface area contributed by atoms with E-state index < -0.39 is 0 Å². The van der Waals surface area contributed by atoms with E-state index in [0.717, 1.165) is 26.9 Å². The van der Waals surface area contributed by atoms with Crippen LogP contribution in [0.4, 0.5) is 5.69 Å². The molecule has 2 aromatic carbocycles. The molecule has 2 atom stereocenters. The molecular weight excluding hydrogens is 340 g/mol. The molecule has 0 saturated heterocycles. The van der Waals surface area contributed by atoms with Gasteiger partial charge in [0.05, 0.1) is 16.3 Å². The van der Waals surface area contributed by atoms with Crippen molar-refractivity contribution in [1.29, 1.82) is 0 Å². The van der Waals surface area contributed by atoms with Gasteiger partial charge in [-0.2, -0.15) is 0 Å². The largest absolute Gasteiger partial charge is 0.323 e. The first-order valence-corrected chi connectivity index (χ1v) is 9.08. The Morgan fingerprint density at radius 3 is 2.62 bits per heavy atom. The molecule has 5 heteroatoms. The molecule has 0 spiro atoms. The van der Waals surface area contributed by atoms with Gasteiger partial charge in [-0.25, -0.2) is 0 Å². The lowest BCUT2D eigenvalue weighted by Crippen LogP contribution is -3.12. The number of quaternary nitrogens is 1. The van der Waals surface area contributed by atoms with Crippen LogP contribution in [0.25, 0.3) is 10.8 Å². The van der Waals surface area contributed by atoms with E-state index in [1.54, 1.807) is 11.3 Å². The van der Waals surface area contributed by atoms with Gasteiger partial charge in [-0.15, -0.1) is 11.3 Å². The van der Waals surface area contributed by atoms with Crippen LogP contribution in [0, 0.1) is 0 Å². The molecule has 0 saturated carbocycles. The van der Waals surface area contributed by atoms with Crippen molar-refractivity contribution >= 4 is 45.3 Å². The SMILES string of the molecule is C[C@@H](C(=O)Nc1ccc2ccccc2c1)[NH+](C)Cc1ccc(Cl)s1. The average molecular weight is 360 g/mol. The standard InChI is InChI=1S/C19H19ClN2OS/c1-13(22(2)12-17-9-10-18(20)24-17)19(23)21-16-8-7-14-5-3-4-6-15(14)11-16/h3-11,13H,12H2,1-2H3,(H,21,23)/p+1/t13-/m0/s1. The van der Waals surface area contributed by atoms with Gasteiger partial charge in [0, 0.05) is 5.69 Å². The molecule has 0 fully saturated rings. The second-order valence-electron chi connectivity index (χ2n) is 6.00. The maximum absolute atomic E-state index is 12.5. The van der Waals surface area contributed by atoms with Crippen molar-refractivity contribution in [3.05, 3.63) is 63.8 Å². The van der Waals surface area contributed by atoms with E-state index in [1.807, 2.05) is 62.5 Å². The summed E-state index contributed by atoms with van der Waals surface area (Å²) in [6.45, 7) is 2.73. The Balaban J connectivity index is 1.66. The van der Waals surface area contributed by atoms with Crippen LogP contribution in [-0.4, -0.2) is 19.0 Å². The van der Waals surface area contributed by atoms with Gasteiger partial charge in [0.2, 0.25) is 0 Å². The highest BCUT2D eigenvalue weighted by molar-refractivity contribution is 7.16. The Hall–Kier alpha value is -1.88. The zero-order chi connectivity index (χ0) is 17.1. The summed E-state index contributed by atoms with van der Waals surface area (Å²) < 4.78 is 0.783. The lowest BCUT2D eigenvalue weighted by atomic mass is 10.1. The Bertz CT molecular complexity index is 861. The maximum atomic E-state index is 12.5. The summed E-state index contributed by atoms with van der Waals surface area (Å²) in [5, 5.41) is 5.31. The van der Waals surface area contributed by atoms with Crippen LogP contribution in [0.1, 0.15) is 11.8 Å². The van der Waals surface area contributed by atoms with Crippen molar-refractivity contribution < 1.29 is 9.69 Å². The topological polar surface area (TPSA) is 33.5 Å². The zero-order valence-electron chi connectivity index (χ0n) is 13.7. The summed E-state index contributed by atoms with van der Waals surface area (Å²) in [5.41, 5.74) is 0.831. The first kappa shape index (κ1) is 17.0. The van der Waals surface area contributed by atoms with Gasteiger partial charge in [0.15, 0.2) is 6.04 Å². The number of carbonyl (C=O) groups is 1. The van der Waals surface area contributed by atoms with E-state index in [-0.39, 0.29) is 11.9 Å². The van der Waals surface area contributed by atoms with E-state index >= 15 is 0 Å². The number of carbonyl (C=O) groups excluding carboxylic acids is 1. The number of halogens is 1. The van der Waals surface area contributed by atoms with Gasteiger partial charge in [-0.3, -0.25) is 4.79 Å². The summed E-state index contributed by atoms with van der Waals surface area (Å²) in [4.78, 5) is 14.8. The minimum absolute atomic E-state index is 0.0189. The summed E-state index contributed by atoms with van der Waals surface area (Å²) in [5.74, 6) is 0.0189. The van der Waals surface area contributed by atoms with Gasteiger partial charge in [0.25, 0.3) is 5.91 Å². The van der Waals surface area contributed by atoms with E-state index in [4.69, 9.17) is 11.6 Å². The first-order chi connectivity index (χ1) is 11.5. The van der Waals surface area contributed by atoms with Crippen LogP contribution in [0.15, 0.2) is 54.6 Å². The number of rotatable bonds is 5. The molecule has 1 amide bonds. The highest BCUT2D eigenvalue weighted by Gasteiger charge is 2.22. The third-order valence-corrected chi connectivity index (χ3v) is 5.46. The number of nitrogens with one attached hydrogen (secondary N) is 2. The van der Waals surface area contributed by atoms with E-state index in [0.29, 0.717) is 0 Å². The lowest BCUT2D eigenvalue weighted by Gasteiger charge is -2.20. The third-order valence-electron chi connectivity index (χ3n) is 4.23. The Kier molecular flexibility index (Phi) is 5.19. The van der Waals surface area contributed by atoms with Crippen LogP contribution in [-0.2, 0) is 11.3 Å². The normalized spacial score (nSPS) is 13.6. The number of hydrogen-bond acceptors (Lipinski definition) is 2. The Labute approximate surface area is 150 Å². The van der Waals surface area contributed by atoms with Crippen molar-refractivity contribution in [2.45, 2.75) is 19.5 Å². The molecule has 24 heavy (non-hydrogen) atoms. The van der Waals surface area contributed by atoms with Gasteiger partial charge in [-0.05, 0) is 42.0 Å². The monoisotopic (exact) mass is 359 g/mol. The number of benzene rings is 2. The molecule has 1 aromatic heterocycles. The second-order valence-corrected chi connectivity index (χ2v) is 7.80. The number of anilines is 1. The molecule has 3 aromatic rings. The average Bonchev–Trinajstić information content (AvgIpc) is 2.98. The number of fused-ring (bicyclic) bond motifs is 1. The molecule has 2 N–H and O–H groups in total. The predicted octanol–water partition coefficient (Wildman–Crippen LogP) is 3.60. The lowest BCUT2D eigenvalue weighted by molar-refractivity contribution is -0.907. The van der Waals surface area contributed by atoms with Crippen LogP contribution in [0.3, 0.4) is 0 Å². The minimum atomic E-state index is -0.155. The fraction of sp³-hybridized carbons (Fsp3) is 0.211. The molecule has 0 radical (unpaired) electrons. The summed E-state index contributed by atoms with van der Waals surface area (Å²) >= 11 is 7.53. The zero-order valence-corrected chi connectivity index (χ0v) is 15.2. The molecular formula is C19H20ClN2OS+. The Morgan fingerprint density at radius 1 is 1.17 bits per heavy atom. The Morgan fingerprint density at radius 2 is 1.92 bits per heavy atom. The minimum Gasteiger partial charge on any atom is -0.323 e. The molecule has 0 bridgehead atoms. The smallest absolute Gasteiger partial charge is 0.282 e. The molecule has 124 valence electrons. The quantitative estimate of drug-likeness (QED) is 0.717. The number of hydrogen-bond donors (Lipinski definition) is 2. The molecule has 3 rings (SSSR count). The predicted molar refractivity (Wildman–Crippen MR) is 102 cm³/mol. The number of thiophene rings is 1. The highest BCUT2D eigenvalue weighted by atomic mass is 35.5. The van der Waals surface area contributed by atoms with Crippen molar-refractivity contribution in [1.82, 2.24) is 0 Å². The fourth-order valence-electron chi connectivity index (χ4n) is 2.62. The maximum Gasteiger partial charge on any atom is 0.282 e. The molecule has 0 aliphatic heterocycles. The van der Waals surface area contributed by atoms with Crippen LogP contribution >= 0.6 is 22.9 Å². The molecule has 1 heterocycles. The van der Waals surface area contributed by atoms with Gasteiger partial charge >= 0.3 is 0 Å². The van der Waals surface area contributed by atoms with Gasteiger partial charge in [0.1, 0.15) is 6.54 Å². The van der Waals surface area contributed by atoms with E-state index in [9.17, 15) is 4.79 Å². The number of amides is 1. The van der Waals surface area contributed by atoms with Crippen LogP contribution in [0.2, 0.25) is 4.34 Å². The molecule has 0 aliphatic rings. The third kappa shape index (κ3) is 3.96. The summed E-state index contributed by atoms with van der Waals surface area (Å²) in [6, 6.07) is 17.9. The second kappa shape index (κ2) is 7.34. The van der Waals surface area contributed by atoms with Crippen LogP contribution in [0.5, 0.6) is 0 Å². The van der Waals surface area contributed by atoms with E-state index in [1.165, 1.54) is 10.3 Å². The van der Waals surface area contributed by atoms with Crippen molar-refractivity contribution in [3.8, 4) is 0 Å². The molecule has 0 aliphatic carbocycles. The van der Waals surface area contributed by atoms with Gasteiger partial charge in [-0.1, -0.05) is 41.9 Å².